The molecule has 0 N–H and O–H groups in total. The summed E-state index contributed by atoms with van der Waals surface area (Å²) in [7, 11) is 0. The summed E-state index contributed by atoms with van der Waals surface area (Å²) in [5.41, 5.74) is 2.45. The summed E-state index contributed by atoms with van der Waals surface area (Å²) < 4.78 is 7.98. The van der Waals surface area contributed by atoms with Gasteiger partial charge >= 0.3 is 0 Å². The Hall–Kier alpha value is -2.57. The van der Waals surface area contributed by atoms with Gasteiger partial charge in [0.25, 0.3) is 0 Å². The average molecular weight is 349 g/mol. The molecule has 3 aromatic rings. The standard InChI is InChI=1S/C20H23N5O/c1-2-5-17(6-3-1)8-10-24-11-12-25-19(14-24)22-23-20(25)16-26-15-18-7-4-9-21-13-18/h1-7,9,13H,8,10-12,14-16H2. The lowest BCUT2D eigenvalue weighted by Gasteiger charge is -2.27. The number of fused-ring (bicyclic) bond motifs is 1. The highest BCUT2D eigenvalue weighted by atomic mass is 16.5. The van der Waals surface area contributed by atoms with Gasteiger partial charge in [0.2, 0.25) is 0 Å². The summed E-state index contributed by atoms with van der Waals surface area (Å²) >= 11 is 0. The molecule has 1 aliphatic rings. The predicted molar refractivity (Wildman–Crippen MR) is 98.2 cm³/mol. The van der Waals surface area contributed by atoms with Crippen LogP contribution in [0.1, 0.15) is 22.8 Å². The van der Waals surface area contributed by atoms with Crippen LogP contribution in [-0.4, -0.2) is 37.7 Å². The van der Waals surface area contributed by atoms with Gasteiger partial charge in [0.05, 0.1) is 13.2 Å². The zero-order valence-corrected chi connectivity index (χ0v) is 14.8. The normalized spacial score (nSPS) is 14.3. The maximum absolute atomic E-state index is 5.79. The van der Waals surface area contributed by atoms with Crippen molar-refractivity contribution in [2.45, 2.75) is 32.7 Å². The molecule has 1 aliphatic heterocycles. The number of ether oxygens (including phenoxy) is 1. The fraction of sp³-hybridized carbons (Fsp3) is 0.350. The molecular formula is C20H23N5O. The van der Waals surface area contributed by atoms with E-state index in [1.165, 1.54) is 5.56 Å². The van der Waals surface area contributed by atoms with Crippen molar-refractivity contribution in [3.63, 3.8) is 0 Å². The molecule has 0 atom stereocenters. The number of rotatable bonds is 7. The molecule has 6 nitrogen and oxygen atoms in total. The average Bonchev–Trinajstić information content (AvgIpc) is 3.10. The number of nitrogens with zero attached hydrogens (tertiary/aromatic N) is 5. The first-order chi connectivity index (χ1) is 12.9. The Morgan fingerprint density at radius 2 is 1.81 bits per heavy atom. The smallest absolute Gasteiger partial charge is 0.159 e. The molecule has 4 rings (SSSR count). The molecule has 0 unspecified atom stereocenters. The zero-order valence-electron chi connectivity index (χ0n) is 14.8. The molecule has 3 heterocycles. The Bertz CT molecular complexity index is 819. The lowest BCUT2D eigenvalue weighted by molar-refractivity contribution is 0.0968. The highest BCUT2D eigenvalue weighted by molar-refractivity contribution is 5.15. The van der Waals surface area contributed by atoms with Crippen LogP contribution in [0.25, 0.3) is 0 Å². The summed E-state index contributed by atoms with van der Waals surface area (Å²) in [5, 5.41) is 8.69. The third-order valence-corrected chi connectivity index (χ3v) is 4.69. The van der Waals surface area contributed by atoms with Crippen molar-refractivity contribution in [3.05, 3.63) is 77.6 Å². The van der Waals surface area contributed by atoms with Crippen molar-refractivity contribution in [1.82, 2.24) is 24.6 Å². The molecular weight excluding hydrogens is 326 g/mol. The van der Waals surface area contributed by atoms with Crippen LogP contribution >= 0.6 is 0 Å². The molecule has 26 heavy (non-hydrogen) atoms. The molecule has 0 saturated carbocycles. The second-order valence-corrected chi connectivity index (χ2v) is 6.55. The molecule has 134 valence electrons. The second kappa shape index (κ2) is 8.21. The van der Waals surface area contributed by atoms with Crippen LogP contribution in [-0.2, 0) is 37.5 Å². The summed E-state index contributed by atoms with van der Waals surface area (Å²) in [6.45, 7) is 4.85. The van der Waals surface area contributed by atoms with Crippen LogP contribution in [0.5, 0.6) is 0 Å². The van der Waals surface area contributed by atoms with Gasteiger partial charge in [0.15, 0.2) is 5.82 Å². The summed E-state index contributed by atoms with van der Waals surface area (Å²) in [6, 6.07) is 14.6. The Morgan fingerprint density at radius 3 is 2.65 bits per heavy atom. The summed E-state index contributed by atoms with van der Waals surface area (Å²) in [6.07, 6.45) is 4.65. The van der Waals surface area contributed by atoms with E-state index in [0.29, 0.717) is 13.2 Å². The van der Waals surface area contributed by atoms with E-state index in [2.05, 4.69) is 55.0 Å². The molecule has 2 aromatic heterocycles. The summed E-state index contributed by atoms with van der Waals surface area (Å²) in [5.74, 6) is 1.94. The molecule has 0 saturated heterocycles. The van der Waals surface area contributed by atoms with Gasteiger partial charge in [-0.2, -0.15) is 0 Å². The Balaban J connectivity index is 1.29. The first-order valence-electron chi connectivity index (χ1n) is 9.02. The first kappa shape index (κ1) is 16.9. The molecule has 0 spiro atoms. The van der Waals surface area contributed by atoms with Gasteiger partial charge in [-0.05, 0) is 23.6 Å². The third kappa shape index (κ3) is 4.15. The highest BCUT2D eigenvalue weighted by Crippen LogP contribution is 2.14. The highest BCUT2D eigenvalue weighted by Gasteiger charge is 2.20. The van der Waals surface area contributed by atoms with Gasteiger partial charge in [-0.15, -0.1) is 10.2 Å². The van der Waals surface area contributed by atoms with Crippen LogP contribution in [0, 0.1) is 0 Å². The van der Waals surface area contributed by atoms with E-state index in [1.807, 2.05) is 18.3 Å². The molecule has 0 bridgehead atoms. The van der Waals surface area contributed by atoms with Crippen LogP contribution in [0.4, 0.5) is 0 Å². The van der Waals surface area contributed by atoms with E-state index in [0.717, 1.165) is 49.8 Å². The summed E-state index contributed by atoms with van der Waals surface area (Å²) in [4.78, 5) is 6.54. The minimum atomic E-state index is 0.478. The molecule has 0 aliphatic carbocycles. The fourth-order valence-electron chi connectivity index (χ4n) is 3.24. The molecule has 0 fully saturated rings. The minimum Gasteiger partial charge on any atom is -0.369 e. The van der Waals surface area contributed by atoms with Gasteiger partial charge in [-0.1, -0.05) is 36.4 Å². The fourth-order valence-corrected chi connectivity index (χ4v) is 3.24. The van der Waals surface area contributed by atoms with E-state index in [9.17, 15) is 0 Å². The van der Waals surface area contributed by atoms with E-state index in [1.54, 1.807) is 6.20 Å². The second-order valence-electron chi connectivity index (χ2n) is 6.55. The Labute approximate surface area is 153 Å². The molecule has 0 radical (unpaired) electrons. The van der Waals surface area contributed by atoms with Gasteiger partial charge in [-0.3, -0.25) is 9.88 Å². The molecule has 0 amide bonds. The van der Waals surface area contributed by atoms with Crippen molar-refractivity contribution in [2.24, 2.45) is 0 Å². The number of aromatic nitrogens is 4. The van der Waals surface area contributed by atoms with Gasteiger partial charge in [0, 0.05) is 32.0 Å². The maximum Gasteiger partial charge on any atom is 0.159 e. The maximum atomic E-state index is 5.79. The quantitative estimate of drug-likeness (QED) is 0.656. The SMILES string of the molecule is c1ccc(CCN2CCn3c(COCc4cccnc4)nnc3C2)cc1. The largest absolute Gasteiger partial charge is 0.369 e. The number of hydrogen-bond donors (Lipinski definition) is 0. The predicted octanol–water partition coefficient (Wildman–Crippen LogP) is 2.45. The Morgan fingerprint density at radius 1 is 0.923 bits per heavy atom. The van der Waals surface area contributed by atoms with Crippen molar-refractivity contribution >= 4 is 0 Å². The van der Waals surface area contributed by atoms with Crippen LogP contribution < -0.4 is 0 Å². The van der Waals surface area contributed by atoms with E-state index >= 15 is 0 Å². The van der Waals surface area contributed by atoms with E-state index in [-0.39, 0.29) is 0 Å². The van der Waals surface area contributed by atoms with Crippen LogP contribution in [0.3, 0.4) is 0 Å². The van der Waals surface area contributed by atoms with Crippen LogP contribution in [0.2, 0.25) is 0 Å². The minimum absolute atomic E-state index is 0.478. The lowest BCUT2D eigenvalue weighted by atomic mass is 10.1. The molecule has 6 heteroatoms. The first-order valence-corrected chi connectivity index (χ1v) is 9.02. The third-order valence-electron chi connectivity index (χ3n) is 4.69. The van der Waals surface area contributed by atoms with Crippen LogP contribution in [0.15, 0.2) is 54.9 Å². The van der Waals surface area contributed by atoms with Crippen molar-refractivity contribution in [1.29, 1.82) is 0 Å². The number of hydrogen-bond acceptors (Lipinski definition) is 5. The van der Waals surface area contributed by atoms with Gasteiger partial charge in [-0.25, -0.2) is 0 Å². The van der Waals surface area contributed by atoms with Crippen molar-refractivity contribution in [3.8, 4) is 0 Å². The topological polar surface area (TPSA) is 56.1 Å². The number of pyridine rings is 1. The van der Waals surface area contributed by atoms with Crippen molar-refractivity contribution < 1.29 is 4.74 Å². The van der Waals surface area contributed by atoms with Gasteiger partial charge < -0.3 is 9.30 Å². The van der Waals surface area contributed by atoms with Gasteiger partial charge in [0.1, 0.15) is 12.4 Å². The van der Waals surface area contributed by atoms with E-state index < -0.39 is 0 Å². The zero-order chi connectivity index (χ0) is 17.6. The lowest BCUT2D eigenvalue weighted by Crippen LogP contribution is -2.35. The number of benzene rings is 1. The van der Waals surface area contributed by atoms with E-state index in [4.69, 9.17) is 4.74 Å². The molecule has 1 aromatic carbocycles. The monoisotopic (exact) mass is 349 g/mol. The Kier molecular flexibility index (Phi) is 5.33. The van der Waals surface area contributed by atoms with Crippen molar-refractivity contribution in [2.75, 3.05) is 13.1 Å².